The molecule has 0 bridgehead atoms. The molecule has 0 saturated carbocycles. The fourth-order valence-corrected chi connectivity index (χ4v) is 3.71. The van der Waals surface area contributed by atoms with Crippen LogP contribution < -0.4 is 5.32 Å². The normalized spacial score (nSPS) is 36.7. The molecular weight excluding hydrogens is 182 g/mol. The van der Waals surface area contributed by atoms with Crippen LogP contribution in [0.2, 0.25) is 0 Å². The largest absolute Gasteiger partial charge is 0.377 e. The summed E-state index contributed by atoms with van der Waals surface area (Å²) in [6.07, 6.45) is 3.90. The van der Waals surface area contributed by atoms with Gasteiger partial charge in [0.2, 0.25) is 0 Å². The third-order valence-corrected chi connectivity index (χ3v) is 4.57. The molecule has 0 aromatic heterocycles. The van der Waals surface area contributed by atoms with E-state index in [9.17, 15) is 0 Å². The molecule has 2 fully saturated rings. The SMILES string of the molecule is COC1(C2CCSCC2)CCNC1. The van der Waals surface area contributed by atoms with E-state index in [1.165, 1.54) is 30.8 Å². The van der Waals surface area contributed by atoms with Gasteiger partial charge in [-0.1, -0.05) is 0 Å². The van der Waals surface area contributed by atoms with E-state index in [1.807, 2.05) is 7.11 Å². The van der Waals surface area contributed by atoms with Crippen molar-refractivity contribution in [3.8, 4) is 0 Å². The number of nitrogens with one attached hydrogen (secondary N) is 1. The topological polar surface area (TPSA) is 21.3 Å². The van der Waals surface area contributed by atoms with Crippen LogP contribution in [0.1, 0.15) is 19.3 Å². The Morgan fingerprint density at radius 3 is 2.69 bits per heavy atom. The molecule has 0 aromatic rings. The fraction of sp³-hybridized carbons (Fsp3) is 1.00. The van der Waals surface area contributed by atoms with Gasteiger partial charge in [-0.2, -0.15) is 11.8 Å². The molecule has 1 unspecified atom stereocenters. The smallest absolute Gasteiger partial charge is 0.0843 e. The zero-order valence-electron chi connectivity index (χ0n) is 8.34. The van der Waals surface area contributed by atoms with Gasteiger partial charge in [-0.3, -0.25) is 0 Å². The second kappa shape index (κ2) is 4.20. The van der Waals surface area contributed by atoms with Crippen LogP contribution in [0.5, 0.6) is 0 Å². The Labute approximate surface area is 84.8 Å². The Morgan fingerprint density at radius 1 is 1.38 bits per heavy atom. The van der Waals surface area contributed by atoms with Crippen molar-refractivity contribution in [3.63, 3.8) is 0 Å². The summed E-state index contributed by atoms with van der Waals surface area (Å²) in [5.74, 6) is 3.46. The quantitative estimate of drug-likeness (QED) is 0.732. The van der Waals surface area contributed by atoms with Crippen LogP contribution in [0, 0.1) is 5.92 Å². The van der Waals surface area contributed by atoms with Crippen molar-refractivity contribution in [1.29, 1.82) is 0 Å². The van der Waals surface area contributed by atoms with Crippen LogP contribution in [-0.4, -0.2) is 37.3 Å². The second-order valence-corrected chi connectivity index (χ2v) is 5.31. The Bertz CT molecular complexity index is 162. The molecule has 13 heavy (non-hydrogen) atoms. The standard InChI is InChI=1S/C10H19NOS/c1-12-10(4-5-11-8-10)9-2-6-13-7-3-9/h9,11H,2-8H2,1H3. The summed E-state index contributed by atoms with van der Waals surface area (Å²) in [5, 5.41) is 3.43. The van der Waals surface area contributed by atoms with Gasteiger partial charge in [-0.15, -0.1) is 0 Å². The summed E-state index contributed by atoms with van der Waals surface area (Å²) < 4.78 is 5.77. The van der Waals surface area contributed by atoms with Crippen molar-refractivity contribution >= 4 is 11.8 Å². The molecule has 0 radical (unpaired) electrons. The zero-order valence-corrected chi connectivity index (χ0v) is 9.16. The van der Waals surface area contributed by atoms with E-state index in [0.29, 0.717) is 0 Å². The van der Waals surface area contributed by atoms with Gasteiger partial charge in [0.1, 0.15) is 0 Å². The number of ether oxygens (including phenoxy) is 1. The minimum absolute atomic E-state index is 0.182. The molecule has 3 heteroatoms. The lowest BCUT2D eigenvalue weighted by atomic mass is 9.82. The van der Waals surface area contributed by atoms with Crippen LogP contribution in [0.25, 0.3) is 0 Å². The minimum Gasteiger partial charge on any atom is -0.377 e. The number of rotatable bonds is 2. The predicted octanol–water partition coefficient (Wildman–Crippen LogP) is 1.51. The lowest BCUT2D eigenvalue weighted by molar-refractivity contribution is -0.0448. The van der Waals surface area contributed by atoms with Gasteiger partial charge in [0.15, 0.2) is 0 Å². The molecule has 2 saturated heterocycles. The molecule has 0 aliphatic carbocycles. The predicted molar refractivity (Wildman–Crippen MR) is 57.3 cm³/mol. The number of hydrogen-bond donors (Lipinski definition) is 1. The van der Waals surface area contributed by atoms with Gasteiger partial charge in [0, 0.05) is 13.7 Å². The third-order valence-electron chi connectivity index (χ3n) is 3.52. The highest BCUT2D eigenvalue weighted by Gasteiger charge is 2.41. The van der Waals surface area contributed by atoms with Crippen molar-refractivity contribution in [2.75, 3.05) is 31.7 Å². The molecule has 2 aliphatic heterocycles. The maximum absolute atomic E-state index is 5.77. The minimum atomic E-state index is 0.182. The molecule has 2 aliphatic rings. The number of methoxy groups -OCH3 is 1. The molecule has 1 atom stereocenters. The second-order valence-electron chi connectivity index (χ2n) is 4.08. The summed E-state index contributed by atoms with van der Waals surface area (Å²) in [6.45, 7) is 2.20. The molecule has 2 nitrogen and oxygen atoms in total. The molecule has 0 amide bonds. The van der Waals surface area contributed by atoms with Crippen LogP contribution >= 0.6 is 11.8 Å². The van der Waals surface area contributed by atoms with Crippen LogP contribution in [0.15, 0.2) is 0 Å². The molecule has 2 rings (SSSR count). The van der Waals surface area contributed by atoms with Gasteiger partial charge in [0.25, 0.3) is 0 Å². The third kappa shape index (κ3) is 1.88. The van der Waals surface area contributed by atoms with E-state index in [-0.39, 0.29) is 5.60 Å². The summed E-state index contributed by atoms with van der Waals surface area (Å²) in [5.41, 5.74) is 0.182. The monoisotopic (exact) mass is 201 g/mol. The van der Waals surface area contributed by atoms with Crippen molar-refractivity contribution in [1.82, 2.24) is 5.32 Å². The summed E-state index contributed by atoms with van der Waals surface area (Å²) in [6, 6.07) is 0. The first kappa shape index (κ1) is 9.81. The van der Waals surface area contributed by atoms with E-state index in [2.05, 4.69) is 17.1 Å². The zero-order chi connectivity index (χ0) is 9.15. The van der Waals surface area contributed by atoms with Crippen LogP contribution in [0.3, 0.4) is 0 Å². The molecular formula is C10H19NOS. The molecule has 1 N–H and O–H groups in total. The summed E-state index contributed by atoms with van der Waals surface area (Å²) >= 11 is 2.09. The van der Waals surface area contributed by atoms with E-state index in [1.54, 1.807) is 0 Å². The van der Waals surface area contributed by atoms with Gasteiger partial charge in [-0.05, 0) is 43.2 Å². The van der Waals surface area contributed by atoms with E-state index in [4.69, 9.17) is 4.74 Å². The van der Waals surface area contributed by atoms with E-state index >= 15 is 0 Å². The first-order chi connectivity index (χ1) is 6.37. The van der Waals surface area contributed by atoms with Gasteiger partial charge in [0.05, 0.1) is 5.60 Å². The fourth-order valence-electron chi connectivity index (χ4n) is 2.60. The first-order valence-corrected chi connectivity index (χ1v) is 6.36. The number of hydrogen-bond acceptors (Lipinski definition) is 3. The van der Waals surface area contributed by atoms with Crippen molar-refractivity contribution in [2.45, 2.75) is 24.9 Å². The van der Waals surface area contributed by atoms with Crippen molar-refractivity contribution in [3.05, 3.63) is 0 Å². The van der Waals surface area contributed by atoms with Crippen LogP contribution in [0.4, 0.5) is 0 Å². The highest BCUT2D eigenvalue weighted by atomic mass is 32.2. The lowest BCUT2D eigenvalue weighted by Crippen LogP contribution is -2.43. The highest BCUT2D eigenvalue weighted by molar-refractivity contribution is 7.99. The highest BCUT2D eigenvalue weighted by Crippen LogP contribution is 2.37. The van der Waals surface area contributed by atoms with E-state index < -0.39 is 0 Å². The average molecular weight is 201 g/mol. The van der Waals surface area contributed by atoms with E-state index in [0.717, 1.165) is 19.0 Å². The molecule has 0 spiro atoms. The average Bonchev–Trinajstić information content (AvgIpc) is 2.69. The number of thioether (sulfide) groups is 1. The molecule has 2 heterocycles. The first-order valence-electron chi connectivity index (χ1n) is 5.21. The summed E-state index contributed by atoms with van der Waals surface area (Å²) in [4.78, 5) is 0. The molecule has 0 aromatic carbocycles. The Hall–Kier alpha value is 0.270. The van der Waals surface area contributed by atoms with Gasteiger partial charge >= 0.3 is 0 Å². The summed E-state index contributed by atoms with van der Waals surface area (Å²) in [7, 11) is 1.88. The van der Waals surface area contributed by atoms with Gasteiger partial charge < -0.3 is 10.1 Å². The maximum Gasteiger partial charge on any atom is 0.0843 e. The Morgan fingerprint density at radius 2 is 2.15 bits per heavy atom. The molecule has 76 valence electrons. The van der Waals surface area contributed by atoms with Crippen molar-refractivity contribution in [2.24, 2.45) is 5.92 Å². The Kier molecular flexibility index (Phi) is 3.17. The maximum atomic E-state index is 5.77. The van der Waals surface area contributed by atoms with Crippen LogP contribution in [-0.2, 0) is 4.74 Å². The van der Waals surface area contributed by atoms with Gasteiger partial charge in [-0.25, -0.2) is 0 Å². The van der Waals surface area contributed by atoms with Crippen molar-refractivity contribution < 1.29 is 4.74 Å². The lowest BCUT2D eigenvalue weighted by Gasteiger charge is -2.37. The Balaban J connectivity index is 2.01.